The molecule has 0 atom stereocenters. The highest BCUT2D eigenvalue weighted by Gasteiger charge is 2.28. The minimum absolute atomic E-state index is 0.0134. The lowest BCUT2D eigenvalue weighted by atomic mass is 10.3. The van der Waals surface area contributed by atoms with Crippen LogP contribution >= 0.6 is 0 Å². The van der Waals surface area contributed by atoms with Gasteiger partial charge in [-0.2, -0.15) is 0 Å². The standard InChI is InChI=1S/C13H16N6O4/c1-7-3-8(16-23-7)4-19-12(21)10-11(17(2)13(19)22)15-6-18(10)5-9(14)20/h3,15H,4-6H2,1-2H3,(H2,14,20). The van der Waals surface area contributed by atoms with Gasteiger partial charge in [0.1, 0.15) is 23.0 Å². The highest BCUT2D eigenvalue weighted by atomic mass is 16.5. The molecule has 1 aliphatic heterocycles. The monoisotopic (exact) mass is 320 g/mol. The van der Waals surface area contributed by atoms with E-state index in [9.17, 15) is 14.4 Å². The van der Waals surface area contributed by atoms with Crippen molar-refractivity contribution in [3.05, 3.63) is 38.4 Å². The summed E-state index contributed by atoms with van der Waals surface area (Å²) >= 11 is 0. The normalized spacial score (nSPS) is 13.0. The van der Waals surface area contributed by atoms with Crippen LogP contribution in [0.4, 0.5) is 11.5 Å². The molecule has 3 N–H and O–H groups in total. The molecule has 1 aliphatic rings. The lowest BCUT2D eigenvalue weighted by Crippen LogP contribution is -2.42. The Bertz CT molecular complexity index is 893. The Kier molecular flexibility index (Phi) is 3.43. The maximum Gasteiger partial charge on any atom is 0.332 e. The Morgan fingerprint density at radius 2 is 2.22 bits per heavy atom. The number of anilines is 2. The van der Waals surface area contributed by atoms with Crippen LogP contribution in [-0.2, 0) is 18.4 Å². The molecule has 0 saturated carbocycles. The molecule has 0 radical (unpaired) electrons. The van der Waals surface area contributed by atoms with Crippen LogP contribution in [-0.4, -0.2) is 33.4 Å². The largest absolute Gasteiger partial charge is 0.368 e. The summed E-state index contributed by atoms with van der Waals surface area (Å²) in [6.07, 6.45) is 0. The molecule has 23 heavy (non-hydrogen) atoms. The lowest BCUT2D eigenvalue weighted by molar-refractivity contribution is -0.116. The third-order valence-corrected chi connectivity index (χ3v) is 3.62. The minimum atomic E-state index is -0.563. The van der Waals surface area contributed by atoms with E-state index in [1.165, 1.54) is 9.47 Å². The summed E-state index contributed by atoms with van der Waals surface area (Å²) in [5, 5.41) is 6.73. The second-order valence-electron chi connectivity index (χ2n) is 5.36. The van der Waals surface area contributed by atoms with Gasteiger partial charge in [-0.05, 0) is 6.92 Å². The van der Waals surface area contributed by atoms with Gasteiger partial charge < -0.3 is 20.5 Å². The number of fused-ring (bicyclic) bond motifs is 1. The van der Waals surface area contributed by atoms with Crippen molar-refractivity contribution in [2.45, 2.75) is 13.5 Å². The Morgan fingerprint density at radius 1 is 1.48 bits per heavy atom. The van der Waals surface area contributed by atoms with Crippen LogP contribution in [0, 0.1) is 6.92 Å². The topological polar surface area (TPSA) is 128 Å². The zero-order valence-corrected chi connectivity index (χ0v) is 12.7. The molecule has 0 spiro atoms. The predicted octanol–water partition coefficient (Wildman–Crippen LogP) is -1.43. The van der Waals surface area contributed by atoms with Gasteiger partial charge in [0.05, 0.1) is 19.8 Å². The van der Waals surface area contributed by atoms with E-state index in [1.807, 2.05) is 0 Å². The number of amides is 1. The maximum absolute atomic E-state index is 12.7. The van der Waals surface area contributed by atoms with Gasteiger partial charge in [0.15, 0.2) is 0 Å². The number of nitrogens with one attached hydrogen (secondary N) is 1. The smallest absolute Gasteiger partial charge is 0.332 e. The van der Waals surface area contributed by atoms with Gasteiger partial charge in [0, 0.05) is 13.1 Å². The van der Waals surface area contributed by atoms with Crippen molar-refractivity contribution in [2.24, 2.45) is 12.8 Å². The fourth-order valence-electron chi connectivity index (χ4n) is 2.61. The van der Waals surface area contributed by atoms with Gasteiger partial charge in [-0.3, -0.25) is 18.7 Å². The summed E-state index contributed by atoms with van der Waals surface area (Å²) in [7, 11) is 1.55. The van der Waals surface area contributed by atoms with E-state index < -0.39 is 17.2 Å². The highest BCUT2D eigenvalue weighted by Crippen LogP contribution is 2.24. The summed E-state index contributed by atoms with van der Waals surface area (Å²) in [6, 6.07) is 1.65. The van der Waals surface area contributed by atoms with Crippen LogP contribution in [0.2, 0.25) is 0 Å². The molecular formula is C13H16N6O4. The Hall–Kier alpha value is -3.04. The first-order chi connectivity index (χ1) is 10.9. The molecule has 0 aromatic carbocycles. The van der Waals surface area contributed by atoms with E-state index in [1.54, 1.807) is 20.0 Å². The molecule has 122 valence electrons. The van der Waals surface area contributed by atoms with E-state index >= 15 is 0 Å². The van der Waals surface area contributed by atoms with Crippen LogP contribution < -0.4 is 27.2 Å². The van der Waals surface area contributed by atoms with Crippen LogP contribution in [0.15, 0.2) is 20.2 Å². The van der Waals surface area contributed by atoms with E-state index in [2.05, 4.69) is 10.5 Å². The summed E-state index contributed by atoms with van der Waals surface area (Å²) in [5.74, 6) is 0.392. The number of nitrogens with zero attached hydrogens (tertiary/aromatic N) is 4. The van der Waals surface area contributed by atoms with Gasteiger partial charge in [0.2, 0.25) is 5.91 Å². The van der Waals surface area contributed by atoms with Crippen molar-refractivity contribution >= 4 is 17.4 Å². The van der Waals surface area contributed by atoms with E-state index in [-0.39, 0.29) is 25.4 Å². The molecule has 1 amide bonds. The molecule has 2 aromatic rings. The van der Waals surface area contributed by atoms with Crippen LogP contribution in [0.25, 0.3) is 0 Å². The van der Waals surface area contributed by atoms with Crippen molar-refractivity contribution in [3.63, 3.8) is 0 Å². The molecular weight excluding hydrogens is 304 g/mol. The summed E-state index contributed by atoms with van der Waals surface area (Å²) in [4.78, 5) is 37.8. The number of carbonyl (C=O) groups is 1. The third kappa shape index (κ3) is 2.47. The summed E-state index contributed by atoms with van der Waals surface area (Å²) in [5.41, 5.74) is 4.92. The first-order valence-electron chi connectivity index (χ1n) is 6.91. The average molecular weight is 320 g/mol. The van der Waals surface area contributed by atoms with Gasteiger partial charge in [-0.1, -0.05) is 5.16 Å². The SMILES string of the molecule is Cc1cc(Cn2c(=O)c3c(n(C)c2=O)NCN3CC(N)=O)no1. The zero-order chi connectivity index (χ0) is 16.7. The van der Waals surface area contributed by atoms with E-state index in [0.29, 0.717) is 17.3 Å². The third-order valence-electron chi connectivity index (χ3n) is 3.62. The van der Waals surface area contributed by atoms with E-state index in [0.717, 1.165) is 4.57 Å². The van der Waals surface area contributed by atoms with Crippen LogP contribution in [0.3, 0.4) is 0 Å². The van der Waals surface area contributed by atoms with Gasteiger partial charge in [-0.25, -0.2) is 4.79 Å². The highest BCUT2D eigenvalue weighted by molar-refractivity contribution is 5.82. The molecule has 0 bridgehead atoms. The van der Waals surface area contributed by atoms with Crippen molar-refractivity contribution in [1.82, 2.24) is 14.3 Å². The number of hydrogen-bond donors (Lipinski definition) is 2. The molecule has 10 nitrogen and oxygen atoms in total. The fourth-order valence-corrected chi connectivity index (χ4v) is 2.61. The maximum atomic E-state index is 12.7. The second-order valence-corrected chi connectivity index (χ2v) is 5.36. The summed E-state index contributed by atoms with van der Waals surface area (Å²) < 4.78 is 7.33. The van der Waals surface area contributed by atoms with Crippen molar-refractivity contribution in [3.8, 4) is 0 Å². The molecule has 3 rings (SSSR count). The Balaban J connectivity index is 2.11. The molecule has 0 fully saturated rings. The zero-order valence-electron chi connectivity index (χ0n) is 12.7. The number of carbonyl (C=O) groups excluding carboxylic acids is 1. The fraction of sp³-hybridized carbons (Fsp3) is 0.385. The number of aromatic nitrogens is 3. The molecule has 0 saturated heterocycles. The molecule has 10 heteroatoms. The number of nitrogens with two attached hydrogens (primary N) is 1. The molecule has 3 heterocycles. The Labute approximate surface area is 130 Å². The number of rotatable bonds is 4. The lowest BCUT2D eigenvalue weighted by Gasteiger charge is -2.16. The Morgan fingerprint density at radius 3 is 2.83 bits per heavy atom. The second kappa shape index (κ2) is 5.30. The quantitative estimate of drug-likeness (QED) is 0.706. The van der Waals surface area contributed by atoms with Gasteiger partial charge in [0.25, 0.3) is 5.56 Å². The number of aryl methyl sites for hydroxylation is 1. The minimum Gasteiger partial charge on any atom is -0.368 e. The average Bonchev–Trinajstić information content (AvgIpc) is 3.07. The van der Waals surface area contributed by atoms with Gasteiger partial charge in [-0.15, -0.1) is 0 Å². The predicted molar refractivity (Wildman–Crippen MR) is 81.3 cm³/mol. The van der Waals surface area contributed by atoms with Crippen molar-refractivity contribution < 1.29 is 9.32 Å². The van der Waals surface area contributed by atoms with Gasteiger partial charge >= 0.3 is 5.69 Å². The van der Waals surface area contributed by atoms with Crippen LogP contribution in [0.1, 0.15) is 11.5 Å². The number of hydrogen-bond acceptors (Lipinski definition) is 7. The van der Waals surface area contributed by atoms with Crippen molar-refractivity contribution in [2.75, 3.05) is 23.4 Å². The first-order valence-corrected chi connectivity index (χ1v) is 6.91. The molecule has 0 unspecified atom stereocenters. The summed E-state index contributed by atoms with van der Waals surface area (Å²) in [6.45, 7) is 1.82. The van der Waals surface area contributed by atoms with Crippen LogP contribution in [0.5, 0.6) is 0 Å². The number of primary amides is 1. The molecule has 2 aromatic heterocycles. The van der Waals surface area contributed by atoms with E-state index in [4.69, 9.17) is 10.3 Å². The molecule has 0 aliphatic carbocycles. The first kappa shape index (κ1) is 14.9. The van der Waals surface area contributed by atoms with Crippen molar-refractivity contribution in [1.29, 1.82) is 0 Å².